The Morgan fingerprint density at radius 2 is 1.92 bits per heavy atom. The molecule has 0 saturated heterocycles. The van der Waals surface area contributed by atoms with Gasteiger partial charge in [-0.1, -0.05) is 12.1 Å². The Morgan fingerprint density at radius 1 is 1.28 bits per heavy atom. The van der Waals surface area contributed by atoms with E-state index in [1.807, 2.05) is 24.3 Å². The van der Waals surface area contributed by atoms with Crippen LogP contribution in [0.1, 0.15) is 37.3 Å². The number of ether oxygens (including phenoxy) is 1. The molecular weight excluding hydrogens is 320 g/mol. The molecule has 25 heavy (non-hydrogen) atoms. The number of aliphatic hydroxyl groups is 1. The van der Waals surface area contributed by atoms with Gasteiger partial charge in [-0.05, 0) is 37.8 Å². The van der Waals surface area contributed by atoms with E-state index in [0.29, 0.717) is 29.7 Å². The van der Waals surface area contributed by atoms with Gasteiger partial charge < -0.3 is 15.2 Å². The van der Waals surface area contributed by atoms with Gasteiger partial charge in [0.1, 0.15) is 5.69 Å². The maximum absolute atomic E-state index is 12.0. The molecule has 2 aromatic rings. The Bertz CT molecular complexity index is 810. The SMILES string of the molecule is COC(=O)[C@@H](C#N)c1nc2ccccc2nc1NC1CCC(O)CC1. The first-order valence-corrected chi connectivity index (χ1v) is 8.31. The van der Waals surface area contributed by atoms with E-state index in [1.165, 1.54) is 7.11 Å². The summed E-state index contributed by atoms with van der Waals surface area (Å²) in [5.74, 6) is -1.37. The molecule has 1 aromatic heterocycles. The van der Waals surface area contributed by atoms with Crippen molar-refractivity contribution in [3.05, 3.63) is 30.0 Å². The van der Waals surface area contributed by atoms with Crippen molar-refractivity contribution in [1.82, 2.24) is 9.97 Å². The van der Waals surface area contributed by atoms with Crippen LogP contribution in [0.2, 0.25) is 0 Å². The van der Waals surface area contributed by atoms with Crippen molar-refractivity contribution in [3.63, 3.8) is 0 Å². The standard InChI is InChI=1S/C18H20N4O3/c1-25-18(24)13(10-19)16-17(20-11-6-8-12(23)9-7-11)22-15-5-3-2-4-14(15)21-16/h2-5,11-13,23H,6-9H2,1H3,(H,20,22)/t11?,12?,13-/m0/s1. The molecule has 0 aliphatic heterocycles. The number of fused-ring (bicyclic) bond motifs is 1. The average molecular weight is 340 g/mol. The van der Waals surface area contributed by atoms with Gasteiger partial charge >= 0.3 is 5.97 Å². The van der Waals surface area contributed by atoms with E-state index >= 15 is 0 Å². The van der Waals surface area contributed by atoms with Crippen LogP contribution in [0.4, 0.5) is 5.82 Å². The van der Waals surface area contributed by atoms with Crippen LogP contribution in [-0.2, 0) is 9.53 Å². The molecule has 0 spiro atoms. The zero-order valence-corrected chi connectivity index (χ0v) is 14.0. The number of hydrogen-bond acceptors (Lipinski definition) is 7. The Hall–Kier alpha value is -2.72. The van der Waals surface area contributed by atoms with Crippen LogP contribution in [0.5, 0.6) is 0 Å². The average Bonchev–Trinajstić information content (AvgIpc) is 2.64. The quantitative estimate of drug-likeness (QED) is 0.821. The summed E-state index contributed by atoms with van der Waals surface area (Å²) in [6.45, 7) is 0. The fourth-order valence-electron chi connectivity index (χ4n) is 3.08. The van der Waals surface area contributed by atoms with Gasteiger partial charge in [0, 0.05) is 6.04 Å². The zero-order valence-electron chi connectivity index (χ0n) is 14.0. The first-order valence-electron chi connectivity index (χ1n) is 8.31. The summed E-state index contributed by atoms with van der Waals surface area (Å²) < 4.78 is 4.74. The van der Waals surface area contributed by atoms with Crippen molar-refractivity contribution in [2.45, 2.75) is 43.7 Å². The molecule has 3 rings (SSSR count). The lowest BCUT2D eigenvalue weighted by molar-refractivity contribution is -0.141. The number of aromatic nitrogens is 2. The van der Waals surface area contributed by atoms with E-state index < -0.39 is 11.9 Å². The van der Waals surface area contributed by atoms with Crippen molar-refractivity contribution in [1.29, 1.82) is 5.26 Å². The van der Waals surface area contributed by atoms with E-state index in [-0.39, 0.29) is 17.8 Å². The monoisotopic (exact) mass is 340 g/mol. The van der Waals surface area contributed by atoms with Crippen molar-refractivity contribution in [3.8, 4) is 6.07 Å². The second kappa shape index (κ2) is 7.45. The van der Waals surface area contributed by atoms with Crippen molar-refractivity contribution in [2.24, 2.45) is 0 Å². The number of aliphatic hydroxyl groups excluding tert-OH is 1. The number of nitrogens with zero attached hydrogens (tertiary/aromatic N) is 3. The molecule has 0 radical (unpaired) electrons. The van der Waals surface area contributed by atoms with Crippen LogP contribution >= 0.6 is 0 Å². The Balaban J connectivity index is 2.00. The largest absolute Gasteiger partial charge is 0.468 e. The first-order chi connectivity index (χ1) is 12.1. The number of para-hydroxylation sites is 2. The van der Waals surface area contributed by atoms with Gasteiger partial charge in [0.25, 0.3) is 0 Å². The number of carbonyl (C=O) groups excluding carboxylic acids is 1. The summed E-state index contributed by atoms with van der Waals surface area (Å²) in [7, 11) is 1.25. The molecule has 0 bridgehead atoms. The lowest BCUT2D eigenvalue weighted by atomic mass is 9.93. The highest BCUT2D eigenvalue weighted by molar-refractivity contribution is 5.84. The molecule has 1 atom stereocenters. The first kappa shape index (κ1) is 17.1. The molecule has 1 saturated carbocycles. The lowest BCUT2D eigenvalue weighted by Crippen LogP contribution is -2.29. The number of benzene rings is 1. The highest BCUT2D eigenvalue weighted by Gasteiger charge is 2.29. The maximum Gasteiger partial charge on any atom is 0.329 e. The second-order valence-electron chi connectivity index (χ2n) is 6.18. The number of carbonyl (C=O) groups is 1. The van der Waals surface area contributed by atoms with Crippen LogP contribution in [-0.4, -0.2) is 40.3 Å². The minimum atomic E-state index is -1.14. The van der Waals surface area contributed by atoms with E-state index in [9.17, 15) is 15.2 Å². The molecular formula is C18H20N4O3. The molecule has 7 heteroatoms. The molecule has 1 heterocycles. The zero-order chi connectivity index (χ0) is 17.8. The third kappa shape index (κ3) is 3.69. The van der Waals surface area contributed by atoms with Gasteiger partial charge in [-0.3, -0.25) is 4.79 Å². The highest BCUT2D eigenvalue weighted by Crippen LogP contribution is 2.28. The summed E-state index contributed by atoms with van der Waals surface area (Å²) >= 11 is 0. The normalized spacial score (nSPS) is 21.3. The fraction of sp³-hybridized carbons (Fsp3) is 0.444. The minimum absolute atomic E-state index is 0.120. The summed E-state index contributed by atoms with van der Waals surface area (Å²) in [5.41, 5.74) is 1.58. The maximum atomic E-state index is 12.0. The number of anilines is 1. The third-order valence-corrected chi connectivity index (χ3v) is 4.47. The van der Waals surface area contributed by atoms with Crippen LogP contribution in [0, 0.1) is 11.3 Å². The Kier molecular flexibility index (Phi) is 5.10. The van der Waals surface area contributed by atoms with E-state index in [1.54, 1.807) is 6.07 Å². The Morgan fingerprint density at radius 3 is 2.52 bits per heavy atom. The number of rotatable bonds is 4. The molecule has 1 aliphatic carbocycles. The molecule has 130 valence electrons. The smallest absolute Gasteiger partial charge is 0.329 e. The van der Waals surface area contributed by atoms with Gasteiger partial charge in [-0.15, -0.1) is 0 Å². The second-order valence-corrected chi connectivity index (χ2v) is 6.18. The van der Waals surface area contributed by atoms with Crippen LogP contribution in [0.25, 0.3) is 11.0 Å². The number of nitriles is 1. The van der Waals surface area contributed by atoms with Crippen LogP contribution in [0.15, 0.2) is 24.3 Å². The van der Waals surface area contributed by atoms with Gasteiger partial charge in [-0.25, -0.2) is 9.97 Å². The van der Waals surface area contributed by atoms with Gasteiger partial charge in [0.05, 0.1) is 30.3 Å². The summed E-state index contributed by atoms with van der Waals surface area (Å²) in [5, 5.41) is 22.4. The fourth-order valence-corrected chi connectivity index (χ4v) is 3.08. The summed E-state index contributed by atoms with van der Waals surface area (Å²) in [6, 6.07) is 9.40. The topological polar surface area (TPSA) is 108 Å². The molecule has 1 aliphatic rings. The molecule has 1 aromatic carbocycles. The molecule has 7 nitrogen and oxygen atoms in total. The summed E-state index contributed by atoms with van der Waals surface area (Å²) in [6.07, 6.45) is 2.76. The molecule has 1 fully saturated rings. The van der Waals surface area contributed by atoms with Gasteiger partial charge in [0.15, 0.2) is 11.7 Å². The Labute approximate surface area is 145 Å². The highest BCUT2D eigenvalue weighted by atomic mass is 16.5. The van der Waals surface area contributed by atoms with Crippen molar-refractivity contribution >= 4 is 22.8 Å². The van der Waals surface area contributed by atoms with Gasteiger partial charge in [0.2, 0.25) is 0 Å². The van der Waals surface area contributed by atoms with Crippen molar-refractivity contribution in [2.75, 3.05) is 12.4 Å². The number of esters is 1. The van der Waals surface area contributed by atoms with E-state index in [4.69, 9.17) is 4.74 Å². The van der Waals surface area contributed by atoms with Gasteiger partial charge in [-0.2, -0.15) is 5.26 Å². The van der Waals surface area contributed by atoms with Crippen LogP contribution < -0.4 is 5.32 Å². The molecule has 0 amide bonds. The number of nitrogens with one attached hydrogen (secondary N) is 1. The summed E-state index contributed by atoms with van der Waals surface area (Å²) in [4.78, 5) is 21.1. The lowest BCUT2D eigenvalue weighted by Gasteiger charge is -2.27. The minimum Gasteiger partial charge on any atom is -0.468 e. The molecule has 2 N–H and O–H groups in total. The number of hydrogen-bond donors (Lipinski definition) is 2. The molecule has 0 unspecified atom stereocenters. The van der Waals surface area contributed by atoms with Crippen LogP contribution in [0.3, 0.4) is 0 Å². The van der Waals surface area contributed by atoms with Crippen molar-refractivity contribution < 1.29 is 14.6 Å². The van der Waals surface area contributed by atoms with E-state index in [0.717, 1.165) is 12.8 Å². The van der Waals surface area contributed by atoms with E-state index in [2.05, 4.69) is 15.3 Å². The number of methoxy groups -OCH3 is 1. The predicted octanol–water partition coefficient (Wildman–Crippen LogP) is 2.13. The third-order valence-electron chi connectivity index (χ3n) is 4.47. The predicted molar refractivity (Wildman–Crippen MR) is 91.8 cm³/mol.